The molecule has 27 heavy (non-hydrogen) atoms. The minimum atomic E-state index is -0.283. The lowest BCUT2D eigenvalue weighted by Gasteiger charge is -2.12. The van der Waals surface area contributed by atoms with Gasteiger partial charge in [0.05, 0.1) is 12.2 Å². The molecule has 0 radical (unpaired) electrons. The molecule has 0 amide bonds. The highest BCUT2D eigenvalue weighted by Gasteiger charge is 2.08. The maximum absolute atomic E-state index is 14.5. The van der Waals surface area contributed by atoms with Gasteiger partial charge in [0.2, 0.25) is 0 Å². The van der Waals surface area contributed by atoms with Gasteiger partial charge in [-0.3, -0.25) is 0 Å². The van der Waals surface area contributed by atoms with E-state index in [0.29, 0.717) is 12.2 Å². The number of rotatable bonds is 7. The van der Waals surface area contributed by atoms with Gasteiger partial charge in [0.1, 0.15) is 11.6 Å². The highest BCUT2D eigenvalue weighted by atomic mass is 19.1. The molecule has 2 heterocycles. The van der Waals surface area contributed by atoms with E-state index < -0.39 is 0 Å². The van der Waals surface area contributed by atoms with E-state index in [1.807, 2.05) is 44.4 Å². The molecular weight excluding hydrogens is 343 g/mol. The Morgan fingerprint density at radius 3 is 2.67 bits per heavy atom. The van der Waals surface area contributed by atoms with E-state index in [-0.39, 0.29) is 5.82 Å². The molecule has 0 saturated heterocycles. The molecule has 2 N–H and O–H groups in total. The Hall–Kier alpha value is -3.09. The summed E-state index contributed by atoms with van der Waals surface area (Å²) in [6, 6.07) is 9.19. The maximum Gasteiger partial charge on any atom is 0.191 e. The van der Waals surface area contributed by atoms with Crippen LogP contribution in [0.5, 0.6) is 0 Å². The van der Waals surface area contributed by atoms with Crippen LogP contribution < -0.4 is 10.6 Å². The number of aryl methyl sites for hydroxylation is 1. The summed E-state index contributed by atoms with van der Waals surface area (Å²) in [5, 5.41) is 6.51. The number of hydrogen-bond acceptors (Lipinski definition) is 2. The number of benzene rings is 1. The van der Waals surface area contributed by atoms with Crippen LogP contribution in [-0.2, 0) is 13.1 Å². The molecule has 142 valence electrons. The molecule has 0 atom stereocenters. The predicted molar refractivity (Wildman–Crippen MR) is 106 cm³/mol. The molecule has 7 heteroatoms. The van der Waals surface area contributed by atoms with Crippen LogP contribution in [0.4, 0.5) is 4.39 Å². The Balaban J connectivity index is 1.63. The number of nitrogens with one attached hydrogen (secondary N) is 2. The van der Waals surface area contributed by atoms with Crippen molar-refractivity contribution in [1.82, 2.24) is 24.8 Å². The molecule has 0 bridgehead atoms. The number of halogens is 1. The highest BCUT2D eigenvalue weighted by molar-refractivity contribution is 5.79. The van der Waals surface area contributed by atoms with Gasteiger partial charge in [-0.15, -0.1) is 0 Å². The average Bonchev–Trinajstić information content (AvgIpc) is 3.32. The van der Waals surface area contributed by atoms with Crippen LogP contribution in [-0.4, -0.2) is 33.2 Å². The third kappa shape index (κ3) is 4.97. The lowest BCUT2D eigenvalue weighted by Crippen LogP contribution is -2.38. The SMILES string of the molecule is CCNC(=NCc1ccc(-n2ccnc2C)c(F)c1)NCCn1cccc1. The van der Waals surface area contributed by atoms with Crippen molar-refractivity contribution >= 4 is 5.96 Å². The summed E-state index contributed by atoms with van der Waals surface area (Å²) >= 11 is 0. The molecule has 3 aromatic rings. The summed E-state index contributed by atoms with van der Waals surface area (Å²) < 4.78 is 18.3. The first-order chi connectivity index (χ1) is 13.2. The van der Waals surface area contributed by atoms with E-state index in [9.17, 15) is 4.39 Å². The van der Waals surface area contributed by atoms with Crippen LogP contribution >= 0.6 is 0 Å². The summed E-state index contributed by atoms with van der Waals surface area (Å²) in [4.78, 5) is 8.69. The molecule has 0 saturated carbocycles. The summed E-state index contributed by atoms with van der Waals surface area (Å²) in [6.45, 7) is 6.64. The van der Waals surface area contributed by atoms with E-state index in [1.165, 1.54) is 6.07 Å². The smallest absolute Gasteiger partial charge is 0.191 e. The fraction of sp³-hybridized carbons (Fsp3) is 0.300. The van der Waals surface area contributed by atoms with E-state index in [2.05, 4.69) is 25.2 Å². The number of nitrogens with zero attached hydrogens (tertiary/aromatic N) is 4. The summed E-state index contributed by atoms with van der Waals surface area (Å²) in [7, 11) is 0. The zero-order valence-electron chi connectivity index (χ0n) is 15.7. The first kappa shape index (κ1) is 18.7. The highest BCUT2D eigenvalue weighted by Crippen LogP contribution is 2.17. The number of aromatic nitrogens is 3. The van der Waals surface area contributed by atoms with E-state index in [1.54, 1.807) is 23.0 Å². The van der Waals surface area contributed by atoms with Gasteiger partial charge in [-0.05, 0) is 43.7 Å². The molecule has 1 aromatic carbocycles. The fourth-order valence-corrected chi connectivity index (χ4v) is 2.81. The van der Waals surface area contributed by atoms with Crippen molar-refractivity contribution in [3.63, 3.8) is 0 Å². The van der Waals surface area contributed by atoms with Crippen molar-refractivity contribution in [1.29, 1.82) is 0 Å². The Kier molecular flexibility index (Phi) is 6.25. The third-order valence-corrected chi connectivity index (χ3v) is 4.19. The second-order valence-corrected chi connectivity index (χ2v) is 6.17. The van der Waals surface area contributed by atoms with Crippen LogP contribution in [0, 0.1) is 12.7 Å². The van der Waals surface area contributed by atoms with Gasteiger partial charge in [0, 0.05) is 44.4 Å². The number of imidazole rings is 1. The van der Waals surface area contributed by atoms with Crippen LogP contribution in [0.1, 0.15) is 18.3 Å². The Labute approximate surface area is 158 Å². The zero-order valence-corrected chi connectivity index (χ0v) is 15.7. The Morgan fingerprint density at radius 1 is 1.19 bits per heavy atom. The first-order valence-corrected chi connectivity index (χ1v) is 9.09. The van der Waals surface area contributed by atoms with Crippen molar-refractivity contribution in [2.75, 3.05) is 13.1 Å². The molecular formula is C20H25FN6. The second-order valence-electron chi connectivity index (χ2n) is 6.17. The number of aliphatic imine (C=N–C) groups is 1. The van der Waals surface area contributed by atoms with Gasteiger partial charge in [0.25, 0.3) is 0 Å². The fourth-order valence-electron chi connectivity index (χ4n) is 2.81. The van der Waals surface area contributed by atoms with Crippen LogP contribution in [0.2, 0.25) is 0 Å². The lowest BCUT2D eigenvalue weighted by molar-refractivity contribution is 0.614. The second kappa shape index (κ2) is 9.02. The summed E-state index contributed by atoms with van der Waals surface area (Å²) in [6.07, 6.45) is 7.47. The first-order valence-electron chi connectivity index (χ1n) is 9.09. The molecule has 3 rings (SSSR count). The van der Waals surface area contributed by atoms with Crippen LogP contribution in [0.3, 0.4) is 0 Å². The van der Waals surface area contributed by atoms with Crippen molar-refractivity contribution in [2.24, 2.45) is 4.99 Å². The van der Waals surface area contributed by atoms with E-state index in [4.69, 9.17) is 0 Å². The topological polar surface area (TPSA) is 59.2 Å². The standard InChI is InChI=1S/C20H25FN6/c1-3-22-20(24-8-12-26-10-4-5-11-26)25-15-17-6-7-19(18(21)14-17)27-13-9-23-16(27)2/h4-7,9-11,13-14H,3,8,12,15H2,1-2H3,(H2,22,24,25). The average molecular weight is 368 g/mol. The predicted octanol–water partition coefficient (Wildman–Crippen LogP) is 2.88. The minimum Gasteiger partial charge on any atom is -0.357 e. The van der Waals surface area contributed by atoms with Gasteiger partial charge in [-0.25, -0.2) is 14.4 Å². The van der Waals surface area contributed by atoms with Gasteiger partial charge in [-0.1, -0.05) is 6.07 Å². The van der Waals surface area contributed by atoms with E-state index in [0.717, 1.165) is 37.0 Å². The molecule has 0 unspecified atom stereocenters. The molecule has 0 aliphatic carbocycles. The van der Waals surface area contributed by atoms with Crippen molar-refractivity contribution in [3.05, 3.63) is 72.3 Å². The largest absolute Gasteiger partial charge is 0.357 e. The van der Waals surface area contributed by atoms with Crippen LogP contribution in [0.25, 0.3) is 5.69 Å². The van der Waals surface area contributed by atoms with Gasteiger partial charge >= 0.3 is 0 Å². The molecule has 2 aromatic heterocycles. The van der Waals surface area contributed by atoms with Gasteiger partial charge in [0.15, 0.2) is 5.96 Å². The van der Waals surface area contributed by atoms with Crippen molar-refractivity contribution in [3.8, 4) is 5.69 Å². The quantitative estimate of drug-likeness (QED) is 0.498. The Bertz CT molecular complexity index is 882. The lowest BCUT2D eigenvalue weighted by atomic mass is 10.2. The van der Waals surface area contributed by atoms with Gasteiger partial charge in [-0.2, -0.15) is 0 Å². The summed E-state index contributed by atoms with van der Waals surface area (Å²) in [5.41, 5.74) is 1.31. The maximum atomic E-state index is 14.5. The monoisotopic (exact) mass is 368 g/mol. The molecule has 0 fully saturated rings. The Morgan fingerprint density at radius 2 is 2.00 bits per heavy atom. The van der Waals surface area contributed by atoms with Crippen molar-refractivity contribution in [2.45, 2.75) is 26.9 Å². The normalized spacial score (nSPS) is 11.6. The minimum absolute atomic E-state index is 0.283. The van der Waals surface area contributed by atoms with Crippen molar-refractivity contribution < 1.29 is 4.39 Å². The van der Waals surface area contributed by atoms with Crippen LogP contribution in [0.15, 0.2) is 60.1 Å². The molecule has 6 nitrogen and oxygen atoms in total. The number of hydrogen-bond donors (Lipinski definition) is 2. The summed E-state index contributed by atoms with van der Waals surface area (Å²) in [5.74, 6) is 1.19. The molecule has 0 aliphatic rings. The molecule has 0 aliphatic heterocycles. The van der Waals surface area contributed by atoms with E-state index >= 15 is 0 Å². The third-order valence-electron chi connectivity index (χ3n) is 4.19. The van der Waals surface area contributed by atoms with Gasteiger partial charge < -0.3 is 19.8 Å². The zero-order chi connectivity index (χ0) is 19.1. The number of guanidine groups is 1. The molecule has 0 spiro atoms.